The molecule has 0 aliphatic rings. The van der Waals surface area contributed by atoms with E-state index in [1.54, 1.807) is 0 Å². The van der Waals surface area contributed by atoms with Crippen LogP contribution in [0.25, 0.3) is 11.1 Å². The number of aliphatic carboxylic acids is 1. The molecule has 2 N–H and O–H groups in total. The number of amides is 1. The summed E-state index contributed by atoms with van der Waals surface area (Å²) in [6.07, 6.45) is 0. The molecule has 0 saturated carbocycles. The van der Waals surface area contributed by atoms with Gasteiger partial charge in [0.1, 0.15) is 6.54 Å². The van der Waals surface area contributed by atoms with Gasteiger partial charge in [0.05, 0.1) is 6.54 Å². The lowest BCUT2D eigenvalue weighted by molar-refractivity contribution is -0.135. The molecule has 0 unspecified atom stereocenters. The number of hydrogen-bond acceptors (Lipinski definition) is 3. The van der Waals surface area contributed by atoms with Gasteiger partial charge in [-0.3, -0.25) is 9.59 Å². The molecule has 1 amide bonds. The van der Waals surface area contributed by atoms with Gasteiger partial charge >= 0.3 is 5.97 Å². The van der Waals surface area contributed by atoms with Gasteiger partial charge < -0.3 is 15.3 Å². The maximum atomic E-state index is 11.5. The molecule has 114 valence electrons. The highest BCUT2D eigenvalue weighted by Gasteiger charge is 2.14. The molecule has 0 aromatic heterocycles. The lowest BCUT2D eigenvalue weighted by Crippen LogP contribution is -2.38. The number of likely N-dealkylation sites (N-methyl/N-ethyl adjacent to an activating group) is 1. The molecule has 5 nitrogen and oxygen atoms in total. The van der Waals surface area contributed by atoms with E-state index in [2.05, 4.69) is 5.32 Å². The number of carboxylic acids is 1. The topological polar surface area (TPSA) is 69.6 Å². The molecule has 0 radical (unpaired) electrons. The van der Waals surface area contributed by atoms with Gasteiger partial charge in [0.25, 0.3) is 0 Å². The highest BCUT2D eigenvalue weighted by atomic mass is 16.4. The summed E-state index contributed by atoms with van der Waals surface area (Å²) in [5.74, 6) is -1.20. The summed E-state index contributed by atoms with van der Waals surface area (Å²) in [5.41, 5.74) is 2.83. The Kier molecular flexibility index (Phi) is 5.14. The van der Waals surface area contributed by atoms with Crippen molar-refractivity contribution in [1.29, 1.82) is 0 Å². The van der Waals surface area contributed by atoms with E-state index in [1.807, 2.05) is 54.6 Å². The molecule has 0 heterocycles. The average Bonchev–Trinajstić information content (AvgIpc) is 2.54. The van der Waals surface area contributed by atoms with Gasteiger partial charge in [-0.25, -0.2) is 0 Å². The zero-order valence-corrected chi connectivity index (χ0v) is 12.3. The van der Waals surface area contributed by atoms with Crippen molar-refractivity contribution in [3.63, 3.8) is 0 Å². The smallest absolute Gasteiger partial charge is 0.323 e. The summed E-state index contributed by atoms with van der Waals surface area (Å²) >= 11 is 0. The van der Waals surface area contributed by atoms with E-state index in [-0.39, 0.29) is 19.0 Å². The van der Waals surface area contributed by atoms with E-state index >= 15 is 0 Å². The third-order valence-corrected chi connectivity index (χ3v) is 3.28. The predicted molar refractivity (Wildman–Crippen MR) is 85.8 cm³/mol. The molecular formula is C17H18N2O3. The van der Waals surface area contributed by atoms with Crippen LogP contribution in [0.15, 0.2) is 54.6 Å². The zero-order chi connectivity index (χ0) is 15.9. The molecule has 2 rings (SSSR count). The highest BCUT2D eigenvalue weighted by Crippen LogP contribution is 2.22. The van der Waals surface area contributed by atoms with E-state index in [9.17, 15) is 9.59 Å². The van der Waals surface area contributed by atoms with Crippen molar-refractivity contribution in [3.05, 3.63) is 54.6 Å². The normalized spacial score (nSPS) is 10.0. The van der Waals surface area contributed by atoms with Crippen LogP contribution in [0.5, 0.6) is 0 Å². The Morgan fingerprint density at radius 1 is 0.955 bits per heavy atom. The van der Waals surface area contributed by atoms with Crippen molar-refractivity contribution in [3.8, 4) is 11.1 Å². The summed E-state index contributed by atoms with van der Waals surface area (Å²) in [6.45, 7) is -0.217. The fourth-order valence-electron chi connectivity index (χ4n) is 2.15. The summed E-state index contributed by atoms with van der Waals surface area (Å²) in [6, 6.07) is 17.4. The number of hydrogen-bond donors (Lipinski definition) is 2. The van der Waals surface area contributed by atoms with E-state index in [1.165, 1.54) is 11.9 Å². The predicted octanol–water partition coefficient (Wildman–Crippen LogP) is 1.99. The lowest BCUT2D eigenvalue weighted by Gasteiger charge is -2.22. The van der Waals surface area contributed by atoms with Crippen LogP contribution in [0, 0.1) is 0 Å². The Balaban J connectivity index is 2.21. The fraction of sp³-hybridized carbons (Fsp3) is 0.176. The SMILES string of the molecule is CNC(=O)CN(CC(=O)O)c1ccc(-c2ccccc2)cc1. The van der Waals surface area contributed by atoms with E-state index in [0.717, 1.165) is 11.1 Å². The highest BCUT2D eigenvalue weighted by molar-refractivity contribution is 5.84. The Bertz CT molecular complexity index is 639. The number of nitrogens with one attached hydrogen (secondary N) is 1. The summed E-state index contributed by atoms with van der Waals surface area (Å²) in [5, 5.41) is 11.5. The monoisotopic (exact) mass is 298 g/mol. The Hall–Kier alpha value is -2.82. The van der Waals surface area contributed by atoms with Crippen LogP contribution in [0.3, 0.4) is 0 Å². The molecule has 0 bridgehead atoms. The second-order valence-electron chi connectivity index (χ2n) is 4.84. The second-order valence-corrected chi connectivity index (χ2v) is 4.84. The van der Waals surface area contributed by atoms with Gasteiger partial charge in [0.15, 0.2) is 0 Å². The molecule has 0 spiro atoms. The first-order chi connectivity index (χ1) is 10.6. The number of benzene rings is 2. The third kappa shape index (κ3) is 4.09. The molecule has 22 heavy (non-hydrogen) atoms. The molecule has 0 aliphatic carbocycles. The van der Waals surface area contributed by atoms with Crippen LogP contribution in [0.2, 0.25) is 0 Å². The molecule has 0 saturated heterocycles. The van der Waals surface area contributed by atoms with Crippen molar-refractivity contribution in [1.82, 2.24) is 5.32 Å². The first-order valence-corrected chi connectivity index (χ1v) is 6.93. The fourth-order valence-corrected chi connectivity index (χ4v) is 2.15. The molecule has 2 aromatic rings. The van der Waals surface area contributed by atoms with Gasteiger partial charge in [0.2, 0.25) is 5.91 Å². The maximum Gasteiger partial charge on any atom is 0.323 e. The largest absolute Gasteiger partial charge is 0.480 e. The van der Waals surface area contributed by atoms with Gasteiger partial charge in [-0.15, -0.1) is 0 Å². The molecule has 0 atom stereocenters. The Morgan fingerprint density at radius 3 is 2.09 bits per heavy atom. The standard InChI is InChI=1S/C17H18N2O3/c1-18-16(20)11-19(12-17(21)22)15-9-7-14(8-10-15)13-5-3-2-4-6-13/h2-10H,11-12H2,1H3,(H,18,20)(H,21,22). The van der Waals surface area contributed by atoms with Crippen LogP contribution in [0.4, 0.5) is 5.69 Å². The number of anilines is 1. The molecule has 5 heteroatoms. The lowest BCUT2D eigenvalue weighted by atomic mass is 10.1. The Labute approximate surface area is 129 Å². The van der Waals surface area contributed by atoms with E-state index in [0.29, 0.717) is 5.69 Å². The maximum absolute atomic E-state index is 11.5. The van der Waals surface area contributed by atoms with E-state index in [4.69, 9.17) is 5.11 Å². The van der Waals surface area contributed by atoms with Gasteiger partial charge in [-0.1, -0.05) is 42.5 Å². The Morgan fingerprint density at radius 2 is 1.55 bits per heavy atom. The first-order valence-electron chi connectivity index (χ1n) is 6.93. The summed E-state index contributed by atoms with van der Waals surface area (Å²) < 4.78 is 0. The third-order valence-electron chi connectivity index (χ3n) is 3.28. The molecule has 2 aromatic carbocycles. The average molecular weight is 298 g/mol. The first kappa shape index (κ1) is 15.6. The van der Waals surface area contributed by atoms with Crippen LogP contribution in [0.1, 0.15) is 0 Å². The zero-order valence-electron chi connectivity index (χ0n) is 12.3. The van der Waals surface area contributed by atoms with E-state index < -0.39 is 5.97 Å². The minimum atomic E-state index is -0.976. The minimum absolute atomic E-state index is 0.00742. The van der Waals surface area contributed by atoms with Crippen molar-refractivity contribution in [2.45, 2.75) is 0 Å². The number of rotatable bonds is 6. The van der Waals surface area contributed by atoms with Gasteiger partial charge in [-0.05, 0) is 23.3 Å². The van der Waals surface area contributed by atoms with Gasteiger partial charge in [0, 0.05) is 12.7 Å². The molecular weight excluding hydrogens is 280 g/mol. The number of carbonyl (C=O) groups is 2. The quantitative estimate of drug-likeness (QED) is 0.855. The van der Waals surface area contributed by atoms with Crippen molar-refractivity contribution in [2.75, 3.05) is 25.0 Å². The molecule has 0 aliphatic heterocycles. The minimum Gasteiger partial charge on any atom is -0.480 e. The van der Waals surface area contributed by atoms with Gasteiger partial charge in [-0.2, -0.15) is 0 Å². The van der Waals surface area contributed by atoms with Crippen molar-refractivity contribution >= 4 is 17.6 Å². The summed E-state index contributed by atoms with van der Waals surface area (Å²) in [7, 11) is 1.53. The number of carboxylic acid groups (broad SMARTS) is 1. The van der Waals surface area contributed by atoms with Crippen LogP contribution in [-0.2, 0) is 9.59 Å². The number of nitrogens with zero attached hydrogens (tertiary/aromatic N) is 1. The number of carbonyl (C=O) groups excluding carboxylic acids is 1. The second kappa shape index (κ2) is 7.26. The summed E-state index contributed by atoms with van der Waals surface area (Å²) in [4.78, 5) is 24.0. The van der Waals surface area contributed by atoms with Crippen LogP contribution in [-0.4, -0.2) is 37.1 Å². The van der Waals surface area contributed by atoms with Crippen molar-refractivity contribution < 1.29 is 14.7 Å². The molecule has 0 fully saturated rings. The van der Waals surface area contributed by atoms with Crippen LogP contribution >= 0.6 is 0 Å². The van der Waals surface area contributed by atoms with Crippen LogP contribution < -0.4 is 10.2 Å². The van der Waals surface area contributed by atoms with Crippen molar-refractivity contribution in [2.24, 2.45) is 0 Å².